The van der Waals surface area contributed by atoms with E-state index in [4.69, 9.17) is 0 Å². The molecule has 84 valence electrons. The molecule has 2 saturated heterocycles. The molecule has 0 amide bonds. The van der Waals surface area contributed by atoms with Gasteiger partial charge in [0.05, 0.1) is 0 Å². The molecule has 3 atom stereocenters. The summed E-state index contributed by atoms with van der Waals surface area (Å²) in [6.07, 6.45) is 4.74. The molecule has 0 spiro atoms. The predicted octanol–water partition coefficient (Wildman–Crippen LogP) is 2.24. The number of fused-ring (bicyclic) bond motifs is 2. The van der Waals surface area contributed by atoms with Crippen LogP contribution in [0.2, 0.25) is 0 Å². The van der Waals surface area contributed by atoms with Crippen molar-refractivity contribution in [3.63, 3.8) is 0 Å². The zero-order valence-electron chi connectivity index (χ0n) is 9.38. The fourth-order valence-electron chi connectivity index (χ4n) is 3.34. The Labute approximate surface area is 96.3 Å². The first kappa shape index (κ1) is 10.0. The number of rotatable bonds is 3. The minimum Gasteiger partial charge on any atom is -0.303 e. The Hall–Kier alpha value is -1.15. The molecule has 2 fully saturated rings. The number of carbonyl (C=O) groups is 1. The molecule has 0 N–H and O–H groups in total. The van der Waals surface area contributed by atoms with E-state index in [0.29, 0.717) is 18.0 Å². The first-order valence-corrected chi connectivity index (χ1v) is 6.13. The van der Waals surface area contributed by atoms with E-state index >= 15 is 0 Å². The summed E-state index contributed by atoms with van der Waals surface area (Å²) in [5.74, 6) is 0.294. The lowest BCUT2D eigenvalue weighted by atomic mass is 9.90. The van der Waals surface area contributed by atoms with Crippen LogP contribution >= 0.6 is 0 Å². The summed E-state index contributed by atoms with van der Waals surface area (Å²) < 4.78 is 0. The van der Waals surface area contributed by atoms with Gasteiger partial charge in [-0.25, -0.2) is 0 Å². The molecule has 1 aromatic carbocycles. The zero-order chi connectivity index (χ0) is 11.0. The van der Waals surface area contributed by atoms with E-state index in [1.54, 1.807) is 0 Å². The second-order valence-corrected chi connectivity index (χ2v) is 4.99. The lowest BCUT2D eigenvalue weighted by molar-refractivity contribution is -0.111. The standard InChI is InChI=1S/C14H17NO/c16-10-12-8-13-6-7-14(12)15(13)9-11-4-2-1-3-5-11/h1-5,10,12-14H,6-9H2/t12-,13+,14-/m1/s1. The fraction of sp³-hybridized carbons (Fsp3) is 0.500. The lowest BCUT2D eigenvalue weighted by Gasteiger charge is -2.22. The monoisotopic (exact) mass is 215 g/mol. The molecule has 0 saturated carbocycles. The molecular formula is C14H17NO. The second-order valence-electron chi connectivity index (χ2n) is 4.99. The summed E-state index contributed by atoms with van der Waals surface area (Å²) >= 11 is 0. The third kappa shape index (κ3) is 1.57. The minimum absolute atomic E-state index is 0.294. The Balaban J connectivity index is 1.75. The largest absolute Gasteiger partial charge is 0.303 e. The average molecular weight is 215 g/mol. The third-order valence-electron chi connectivity index (χ3n) is 4.11. The van der Waals surface area contributed by atoms with Crippen molar-refractivity contribution in [2.45, 2.75) is 37.9 Å². The zero-order valence-corrected chi connectivity index (χ0v) is 9.38. The van der Waals surface area contributed by atoms with Gasteiger partial charge in [-0.1, -0.05) is 30.3 Å². The Bertz CT molecular complexity index is 376. The average Bonchev–Trinajstić information content (AvgIpc) is 2.87. The van der Waals surface area contributed by atoms with Crippen LogP contribution in [-0.2, 0) is 11.3 Å². The Morgan fingerprint density at radius 1 is 1.25 bits per heavy atom. The van der Waals surface area contributed by atoms with Crippen molar-refractivity contribution in [1.82, 2.24) is 4.90 Å². The first-order chi connectivity index (χ1) is 7.88. The van der Waals surface area contributed by atoms with E-state index in [1.807, 2.05) is 0 Å². The van der Waals surface area contributed by atoms with Gasteiger partial charge in [0.2, 0.25) is 0 Å². The quantitative estimate of drug-likeness (QED) is 0.721. The van der Waals surface area contributed by atoms with Crippen molar-refractivity contribution in [2.75, 3.05) is 0 Å². The SMILES string of the molecule is O=C[C@H]1C[C@@H]2CC[C@H]1N2Cc1ccccc1. The third-order valence-corrected chi connectivity index (χ3v) is 4.11. The Kier molecular flexibility index (Phi) is 2.52. The van der Waals surface area contributed by atoms with Crippen LogP contribution in [0.1, 0.15) is 24.8 Å². The number of aldehydes is 1. The molecule has 1 aromatic rings. The van der Waals surface area contributed by atoms with Crippen LogP contribution in [0.15, 0.2) is 30.3 Å². The molecule has 2 heterocycles. The highest BCUT2D eigenvalue weighted by atomic mass is 16.1. The van der Waals surface area contributed by atoms with Crippen molar-refractivity contribution >= 4 is 6.29 Å². The van der Waals surface area contributed by atoms with E-state index in [1.165, 1.54) is 24.7 Å². The summed E-state index contributed by atoms with van der Waals surface area (Å²) in [5, 5.41) is 0. The summed E-state index contributed by atoms with van der Waals surface area (Å²) in [7, 11) is 0. The van der Waals surface area contributed by atoms with Crippen LogP contribution in [0.4, 0.5) is 0 Å². The van der Waals surface area contributed by atoms with Crippen molar-refractivity contribution in [2.24, 2.45) is 5.92 Å². The van der Waals surface area contributed by atoms with Gasteiger partial charge in [-0.3, -0.25) is 4.90 Å². The molecule has 2 aliphatic rings. The molecule has 0 unspecified atom stereocenters. The highest BCUT2D eigenvalue weighted by Gasteiger charge is 2.45. The fourth-order valence-corrected chi connectivity index (χ4v) is 3.34. The van der Waals surface area contributed by atoms with Gasteiger partial charge in [-0.2, -0.15) is 0 Å². The molecule has 0 radical (unpaired) electrons. The smallest absolute Gasteiger partial charge is 0.124 e. The van der Waals surface area contributed by atoms with Crippen molar-refractivity contribution in [1.29, 1.82) is 0 Å². The summed E-state index contributed by atoms with van der Waals surface area (Å²) in [6.45, 7) is 1.01. The number of hydrogen-bond donors (Lipinski definition) is 0. The Morgan fingerprint density at radius 3 is 2.75 bits per heavy atom. The molecule has 2 heteroatoms. The minimum atomic E-state index is 0.294. The van der Waals surface area contributed by atoms with E-state index in [-0.39, 0.29) is 0 Å². The molecular weight excluding hydrogens is 198 g/mol. The van der Waals surface area contributed by atoms with Gasteiger partial charge < -0.3 is 4.79 Å². The van der Waals surface area contributed by atoms with Crippen LogP contribution in [0.5, 0.6) is 0 Å². The van der Waals surface area contributed by atoms with Gasteiger partial charge in [-0.15, -0.1) is 0 Å². The molecule has 2 aliphatic heterocycles. The molecule has 2 bridgehead atoms. The van der Waals surface area contributed by atoms with E-state index in [0.717, 1.165) is 13.0 Å². The second kappa shape index (κ2) is 4.02. The normalized spacial score (nSPS) is 33.1. The van der Waals surface area contributed by atoms with Gasteiger partial charge in [-0.05, 0) is 24.8 Å². The van der Waals surface area contributed by atoms with Gasteiger partial charge in [0.15, 0.2) is 0 Å². The van der Waals surface area contributed by atoms with Crippen LogP contribution in [0, 0.1) is 5.92 Å². The van der Waals surface area contributed by atoms with E-state index in [2.05, 4.69) is 35.2 Å². The van der Waals surface area contributed by atoms with Crippen LogP contribution < -0.4 is 0 Å². The highest BCUT2D eigenvalue weighted by Crippen LogP contribution is 2.41. The number of nitrogens with zero attached hydrogens (tertiary/aromatic N) is 1. The molecule has 16 heavy (non-hydrogen) atoms. The number of benzene rings is 1. The van der Waals surface area contributed by atoms with Gasteiger partial charge >= 0.3 is 0 Å². The topological polar surface area (TPSA) is 20.3 Å². The number of hydrogen-bond acceptors (Lipinski definition) is 2. The molecule has 0 aliphatic carbocycles. The molecule has 0 aromatic heterocycles. The summed E-state index contributed by atoms with van der Waals surface area (Å²) in [6, 6.07) is 11.7. The maximum Gasteiger partial charge on any atom is 0.124 e. The van der Waals surface area contributed by atoms with E-state index in [9.17, 15) is 4.79 Å². The van der Waals surface area contributed by atoms with Crippen LogP contribution in [0.25, 0.3) is 0 Å². The summed E-state index contributed by atoms with van der Waals surface area (Å²) in [4.78, 5) is 13.5. The van der Waals surface area contributed by atoms with Crippen LogP contribution in [-0.4, -0.2) is 23.3 Å². The van der Waals surface area contributed by atoms with Gasteiger partial charge in [0.1, 0.15) is 6.29 Å². The first-order valence-electron chi connectivity index (χ1n) is 6.13. The maximum atomic E-state index is 11.0. The molecule has 2 nitrogen and oxygen atoms in total. The highest BCUT2D eigenvalue weighted by molar-refractivity contribution is 5.56. The van der Waals surface area contributed by atoms with Gasteiger partial charge in [0.25, 0.3) is 0 Å². The predicted molar refractivity (Wildman–Crippen MR) is 63.0 cm³/mol. The molecule has 3 rings (SSSR count). The van der Waals surface area contributed by atoms with Crippen molar-refractivity contribution in [3.05, 3.63) is 35.9 Å². The van der Waals surface area contributed by atoms with E-state index < -0.39 is 0 Å². The lowest BCUT2D eigenvalue weighted by Crippen LogP contribution is -2.30. The summed E-state index contributed by atoms with van der Waals surface area (Å²) in [5.41, 5.74) is 1.37. The number of carbonyl (C=O) groups excluding carboxylic acids is 1. The van der Waals surface area contributed by atoms with Crippen molar-refractivity contribution < 1.29 is 4.79 Å². The Morgan fingerprint density at radius 2 is 2.06 bits per heavy atom. The van der Waals surface area contributed by atoms with Gasteiger partial charge in [0, 0.05) is 24.5 Å². The maximum absolute atomic E-state index is 11.0. The van der Waals surface area contributed by atoms with Crippen molar-refractivity contribution in [3.8, 4) is 0 Å². The van der Waals surface area contributed by atoms with Crippen LogP contribution in [0.3, 0.4) is 0 Å².